The van der Waals surface area contributed by atoms with Gasteiger partial charge >= 0.3 is 5.97 Å². The Morgan fingerprint density at radius 2 is 1.88 bits per heavy atom. The van der Waals surface area contributed by atoms with Crippen LogP contribution in [0, 0.1) is 0 Å². The van der Waals surface area contributed by atoms with E-state index in [2.05, 4.69) is 4.74 Å². The van der Waals surface area contributed by atoms with Crippen molar-refractivity contribution in [3.8, 4) is 5.75 Å². The Bertz CT molecular complexity index is 335. The number of hydrogen-bond donors (Lipinski definition) is 0. The van der Waals surface area contributed by atoms with Crippen LogP contribution < -0.4 is 9.64 Å². The predicted molar refractivity (Wildman–Crippen MR) is 62.9 cm³/mol. The first-order valence-corrected chi connectivity index (χ1v) is 5.09. The molecule has 1 rings (SSSR count). The Morgan fingerprint density at radius 3 is 2.38 bits per heavy atom. The van der Waals surface area contributed by atoms with Crippen LogP contribution in [0.15, 0.2) is 24.3 Å². The average molecular weight is 223 g/mol. The highest BCUT2D eigenvalue weighted by Crippen LogP contribution is 2.18. The number of carbonyl (C=O) groups excluding carboxylic acids is 1. The number of anilines is 1. The molecule has 0 amide bonds. The fourth-order valence-corrected chi connectivity index (χ4v) is 1.33. The second-order valence-electron chi connectivity index (χ2n) is 3.45. The van der Waals surface area contributed by atoms with Crippen LogP contribution in [0.4, 0.5) is 5.69 Å². The van der Waals surface area contributed by atoms with Crippen molar-refractivity contribution < 1.29 is 14.3 Å². The lowest BCUT2D eigenvalue weighted by atomic mass is 10.2. The number of rotatable bonds is 5. The van der Waals surface area contributed by atoms with Crippen molar-refractivity contribution in [1.82, 2.24) is 0 Å². The molecule has 1 aromatic rings. The van der Waals surface area contributed by atoms with E-state index < -0.39 is 0 Å². The summed E-state index contributed by atoms with van der Waals surface area (Å²) in [5, 5.41) is 0. The smallest absolute Gasteiger partial charge is 0.307 e. The van der Waals surface area contributed by atoms with E-state index in [0.717, 1.165) is 11.4 Å². The summed E-state index contributed by atoms with van der Waals surface area (Å²) in [6.07, 6.45) is 0.388. The third-order valence-corrected chi connectivity index (χ3v) is 2.39. The lowest BCUT2D eigenvalue weighted by Crippen LogP contribution is -2.21. The van der Waals surface area contributed by atoms with E-state index in [-0.39, 0.29) is 5.97 Å². The first kappa shape index (κ1) is 12.4. The molecule has 0 unspecified atom stereocenters. The van der Waals surface area contributed by atoms with Gasteiger partial charge in [0, 0.05) is 19.3 Å². The summed E-state index contributed by atoms with van der Waals surface area (Å²) in [5.74, 6) is 0.630. The van der Waals surface area contributed by atoms with Gasteiger partial charge in [-0.15, -0.1) is 0 Å². The first-order chi connectivity index (χ1) is 7.67. The van der Waals surface area contributed by atoms with Gasteiger partial charge in [-0.3, -0.25) is 4.79 Å². The van der Waals surface area contributed by atoms with Crippen LogP contribution in [0.2, 0.25) is 0 Å². The van der Waals surface area contributed by atoms with Gasteiger partial charge in [-0.05, 0) is 24.3 Å². The standard InChI is InChI=1S/C12H17NO3/c1-13(9-8-12(14)16-3)10-4-6-11(15-2)7-5-10/h4-7H,8-9H2,1-3H3. The highest BCUT2D eigenvalue weighted by molar-refractivity contribution is 5.70. The highest BCUT2D eigenvalue weighted by Gasteiger charge is 2.05. The summed E-state index contributed by atoms with van der Waals surface area (Å²) in [4.78, 5) is 13.0. The Labute approximate surface area is 95.8 Å². The molecular weight excluding hydrogens is 206 g/mol. The van der Waals surface area contributed by atoms with E-state index in [0.29, 0.717) is 13.0 Å². The maximum Gasteiger partial charge on any atom is 0.307 e. The third kappa shape index (κ3) is 3.46. The van der Waals surface area contributed by atoms with Crippen LogP contribution >= 0.6 is 0 Å². The second-order valence-corrected chi connectivity index (χ2v) is 3.45. The SMILES string of the molecule is COC(=O)CCN(C)c1ccc(OC)cc1. The summed E-state index contributed by atoms with van der Waals surface area (Å²) >= 11 is 0. The van der Waals surface area contributed by atoms with E-state index >= 15 is 0 Å². The monoisotopic (exact) mass is 223 g/mol. The zero-order chi connectivity index (χ0) is 12.0. The molecule has 0 fully saturated rings. The zero-order valence-electron chi connectivity index (χ0n) is 9.90. The van der Waals surface area contributed by atoms with Gasteiger partial charge in [0.05, 0.1) is 20.6 Å². The Kier molecular flexibility index (Phi) is 4.64. The van der Waals surface area contributed by atoms with Crippen molar-refractivity contribution in [2.24, 2.45) is 0 Å². The summed E-state index contributed by atoms with van der Waals surface area (Å²) in [5.41, 5.74) is 1.05. The maximum atomic E-state index is 11.0. The summed E-state index contributed by atoms with van der Waals surface area (Å²) in [6, 6.07) is 7.69. The molecule has 0 saturated carbocycles. The third-order valence-electron chi connectivity index (χ3n) is 2.39. The average Bonchev–Trinajstić information content (AvgIpc) is 2.35. The molecule has 0 aliphatic carbocycles. The van der Waals surface area contributed by atoms with Crippen LogP contribution in [0.25, 0.3) is 0 Å². The molecule has 88 valence electrons. The molecule has 0 bridgehead atoms. The van der Waals surface area contributed by atoms with Crippen LogP contribution in [0.3, 0.4) is 0 Å². The van der Waals surface area contributed by atoms with Crippen molar-refractivity contribution >= 4 is 11.7 Å². The Morgan fingerprint density at radius 1 is 1.25 bits per heavy atom. The van der Waals surface area contributed by atoms with Crippen LogP contribution in [-0.4, -0.2) is 33.8 Å². The minimum Gasteiger partial charge on any atom is -0.497 e. The molecule has 4 heteroatoms. The topological polar surface area (TPSA) is 38.8 Å². The Hall–Kier alpha value is -1.71. The molecule has 0 atom stereocenters. The molecule has 0 aliphatic rings. The zero-order valence-corrected chi connectivity index (χ0v) is 9.90. The van der Waals surface area contributed by atoms with Gasteiger partial charge in [-0.1, -0.05) is 0 Å². The van der Waals surface area contributed by atoms with Crippen molar-refractivity contribution in [1.29, 1.82) is 0 Å². The fraction of sp³-hybridized carbons (Fsp3) is 0.417. The molecule has 0 heterocycles. The molecule has 0 spiro atoms. The van der Waals surface area contributed by atoms with E-state index in [1.54, 1.807) is 7.11 Å². The van der Waals surface area contributed by atoms with Gasteiger partial charge in [0.1, 0.15) is 5.75 Å². The molecule has 0 saturated heterocycles. The number of esters is 1. The molecule has 16 heavy (non-hydrogen) atoms. The van der Waals surface area contributed by atoms with Crippen LogP contribution in [0.5, 0.6) is 5.75 Å². The Balaban J connectivity index is 2.52. The minimum atomic E-state index is -0.194. The fourth-order valence-electron chi connectivity index (χ4n) is 1.33. The van der Waals surface area contributed by atoms with Gasteiger partial charge in [-0.2, -0.15) is 0 Å². The molecule has 0 N–H and O–H groups in total. The first-order valence-electron chi connectivity index (χ1n) is 5.09. The largest absolute Gasteiger partial charge is 0.497 e. The van der Waals surface area contributed by atoms with Crippen molar-refractivity contribution in [2.45, 2.75) is 6.42 Å². The second kappa shape index (κ2) is 6.00. The molecule has 0 aromatic heterocycles. The van der Waals surface area contributed by atoms with Gasteiger partial charge < -0.3 is 14.4 Å². The summed E-state index contributed by atoms with van der Waals surface area (Å²) < 4.78 is 9.66. The lowest BCUT2D eigenvalue weighted by Gasteiger charge is -2.18. The number of hydrogen-bond acceptors (Lipinski definition) is 4. The van der Waals surface area contributed by atoms with E-state index in [1.165, 1.54) is 7.11 Å². The molecule has 4 nitrogen and oxygen atoms in total. The van der Waals surface area contributed by atoms with Gasteiger partial charge in [0.25, 0.3) is 0 Å². The quantitative estimate of drug-likeness (QED) is 0.712. The molecule has 1 aromatic carbocycles. The van der Waals surface area contributed by atoms with Crippen molar-refractivity contribution in [3.05, 3.63) is 24.3 Å². The predicted octanol–water partition coefficient (Wildman–Crippen LogP) is 1.69. The van der Waals surface area contributed by atoms with Gasteiger partial charge in [0.2, 0.25) is 0 Å². The molecule has 0 radical (unpaired) electrons. The molecular formula is C12H17NO3. The van der Waals surface area contributed by atoms with Crippen LogP contribution in [0.1, 0.15) is 6.42 Å². The number of nitrogens with zero attached hydrogens (tertiary/aromatic N) is 1. The molecule has 0 aliphatic heterocycles. The number of methoxy groups -OCH3 is 2. The van der Waals surface area contributed by atoms with Gasteiger partial charge in [0.15, 0.2) is 0 Å². The van der Waals surface area contributed by atoms with E-state index in [9.17, 15) is 4.79 Å². The summed E-state index contributed by atoms with van der Waals surface area (Å²) in [6.45, 7) is 0.638. The van der Waals surface area contributed by atoms with E-state index in [1.807, 2.05) is 36.2 Å². The highest BCUT2D eigenvalue weighted by atomic mass is 16.5. The number of carbonyl (C=O) groups is 1. The van der Waals surface area contributed by atoms with Crippen LogP contribution in [-0.2, 0) is 9.53 Å². The van der Waals surface area contributed by atoms with E-state index in [4.69, 9.17) is 4.74 Å². The normalized spacial score (nSPS) is 9.69. The van der Waals surface area contributed by atoms with Crippen molar-refractivity contribution in [2.75, 3.05) is 32.7 Å². The maximum absolute atomic E-state index is 11.0. The summed E-state index contributed by atoms with van der Waals surface area (Å²) in [7, 11) is 4.97. The van der Waals surface area contributed by atoms with Gasteiger partial charge in [-0.25, -0.2) is 0 Å². The van der Waals surface area contributed by atoms with Crippen molar-refractivity contribution in [3.63, 3.8) is 0 Å². The number of ether oxygens (including phenoxy) is 2. The lowest BCUT2D eigenvalue weighted by molar-refractivity contribution is -0.140. The minimum absolute atomic E-state index is 0.194. The number of benzene rings is 1.